The molecule has 2 fully saturated rings. The second kappa shape index (κ2) is 7.13. The van der Waals surface area contributed by atoms with Gasteiger partial charge in [0, 0.05) is 24.5 Å². The first-order valence-corrected chi connectivity index (χ1v) is 10.1. The van der Waals surface area contributed by atoms with Crippen molar-refractivity contribution in [2.75, 3.05) is 6.61 Å². The van der Waals surface area contributed by atoms with Crippen LogP contribution in [0.3, 0.4) is 0 Å². The molecule has 29 heavy (non-hydrogen) atoms. The number of ether oxygens (including phenoxy) is 2. The van der Waals surface area contributed by atoms with Gasteiger partial charge >= 0.3 is 11.9 Å². The van der Waals surface area contributed by atoms with E-state index in [0.717, 1.165) is 11.8 Å². The average molecular weight is 402 g/mol. The molecule has 7 nitrogen and oxygen atoms in total. The lowest BCUT2D eigenvalue weighted by Gasteiger charge is -2.58. The van der Waals surface area contributed by atoms with Gasteiger partial charge in [0.1, 0.15) is 19.0 Å². The molecule has 0 aromatic carbocycles. The Hall–Kier alpha value is -2.41. The third kappa shape index (κ3) is 2.78. The highest BCUT2D eigenvalue weighted by atomic mass is 16.6. The second-order valence-electron chi connectivity index (χ2n) is 8.58. The van der Waals surface area contributed by atoms with E-state index in [9.17, 15) is 19.5 Å². The Morgan fingerprint density at radius 3 is 2.90 bits per heavy atom. The van der Waals surface area contributed by atoms with Gasteiger partial charge in [-0.15, -0.1) is 0 Å². The zero-order chi connectivity index (χ0) is 20.8. The summed E-state index contributed by atoms with van der Waals surface area (Å²) >= 11 is 0. The molecule has 1 aromatic heterocycles. The number of esters is 2. The summed E-state index contributed by atoms with van der Waals surface area (Å²) in [5.74, 6) is -1.32. The minimum Gasteiger partial charge on any atom is -0.472 e. The third-order valence-corrected chi connectivity index (χ3v) is 7.36. The lowest BCUT2D eigenvalue weighted by molar-refractivity contribution is -0.184. The highest BCUT2D eigenvalue weighted by Gasteiger charge is 2.69. The summed E-state index contributed by atoms with van der Waals surface area (Å²) in [6, 6.07) is 1.78. The molecule has 0 amide bonds. The van der Waals surface area contributed by atoms with Crippen molar-refractivity contribution >= 4 is 18.2 Å². The number of carbonyl (C=O) groups is 3. The number of fused-ring (bicyclic) bond motifs is 2. The zero-order valence-corrected chi connectivity index (χ0v) is 16.6. The van der Waals surface area contributed by atoms with E-state index < -0.39 is 29.0 Å². The van der Waals surface area contributed by atoms with E-state index in [0.29, 0.717) is 31.3 Å². The van der Waals surface area contributed by atoms with Gasteiger partial charge < -0.3 is 19.0 Å². The number of hydrogen-bond donors (Lipinski definition) is 1. The number of carbonyl (C=O) groups excluding carboxylic acids is 3. The molecule has 7 heteroatoms. The summed E-state index contributed by atoms with van der Waals surface area (Å²) in [6.07, 6.45) is 6.29. The number of furan rings is 1. The Morgan fingerprint density at radius 1 is 1.45 bits per heavy atom. The maximum Gasteiger partial charge on any atom is 0.313 e. The van der Waals surface area contributed by atoms with Gasteiger partial charge in [0.05, 0.1) is 29.5 Å². The van der Waals surface area contributed by atoms with Crippen LogP contribution in [-0.4, -0.2) is 36.0 Å². The summed E-state index contributed by atoms with van der Waals surface area (Å²) in [5.41, 5.74) is -0.777. The van der Waals surface area contributed by atoms with Crippen LogP contribution >= 0.6 is 0 Å². The molecule has 156 valence electrons. The average Bonchev–Trinajstić information content (AvgIpc) is 3.33. The maximum absolute atomic E-state index is 13.4. The maximum atomic E-state index is 13.4. The van der Waals surface area contributed by atoms with Crippen LogP contribution in [-0.2, 0) is 23.9 Å². The van der Waals surface area contributed by atoms with Crippen LogP contribution in [0.15, 0.2) is 34.7 Å². The van der Waals surface area contributed by atoms with Gasteiger partial charge in [-0.05, 0) is 37.2 Å². The molecule has 1 aromatic rings. The number of hydrogen-bond acceptors (Lipinski definition) is 7. The number of aldehydes is 1. The number of cyclic esters (lactones) is 1. The SMILES string of the molecule is CC(=O)OCC12C(C=O)=CCCC1C1(CC(c3ccoc3)OC1=O)C(C)CC2O. The molecular weight excluding hydrogens is 376 g/mol. The summed E-state index contributed by atoms with van der Waals surface area (Å²) in [5, 5.41) is 11.2. The molecule has 1 N–H and O–H groups in total. The predicted octanol–water partition coefficient (Wildman–Crippen LogP) is 2.74. The standard InChI is InChI=1S/C22H26O7/c1-13-8-19(25)22(12-28-14(2)24)16(10-23)4-3-5-18(22)21(13)9-17(29-20(21)26)15-6-7-27-11-15/h4,6-7,10-11,13,17-19,25H,3,5,8-9,12H2,1-2H3. The molecule has 0 radical (unpaired) electrons. The summed E-state index contributed by atoms with van der Waals surface area (Å²) in [7, 11) is 0. The molecule has 1 saturated heterocycles. The molecule has 6 atom stereocenters. The molecule has 2 heterocycles. The van der Waals surface area contributed by atoms with Gasteiger partial charge in [0.2, 0.25) is 0 Å². The van der Waals surface area contributed by atoms with Crippen LogP contribution in [0.4, 0.5) is 0 Å². The Labute approximate surface area is 169 Å². The van der Waals surface area contributed by atoms with Crippen molar-refractivity contribution in [2.45, 2.75) is 51.7 Å². The van der Waals surface area contributed by atoms with Crippen LogP contribution in [0.2, 0.25) is 0 Å². The molecular formula is C22H26O7. The van der Waals surface area contributed by atoms with Gasteiger partial charge in [0.15, 0.2) is 0 Å². The Balaban J connectivity index is 1.81. The van der Waals surface area contributed by atoms with Crippen LogP contribution in [0.25, 0.3) is 0 Å². The first-order chi connectivity index (χ1) is 13.9. The Bertz CT molecular complexity index is 841. The Morgan fingerprint density at radius 2 is 2.24 bits per heavy atom. The van der Waals surface area contributed by atoms with Crippen molar-refractivity contribution in [3.8, 4) is 0 Å². The molecule has 0 bridgehead atoms. The highest BCUT2D eigenvalue weighted by molar-refractivity contribution is 5.83. The van der Waals surface area contributed by atoms with E-state index in [4.69, 9.17) is 13.9 Å². The molecule has 2 aliphatic carbocycles. The van der Waals surface area contributed by atoms with E-state index in [1.54, 1.807) is 24.7 Å². The van der Waals surface area contributed by atoms with Crippen molar-refractivity contribution in [2.24, 2.45) is 22.7 Å². The Kier molecular flexibility index (Phi) is 4.89. The van der Waals surface area contributed by atoms with E-state index in [-0.39, 0.29) is 24.4 Å². The number of aliphatic hydroxyl groups is 1. The van der Waals surface area contributed by atoms with Crippen molar-refractivity contribution in [3.63, 3.8) is 0 Å². The molecule has 1 aliphatic heterocycles. The number of aliphatic hydroxyl groups excluding tert-OH is 1. The number of rotatable bonds is 4. The van der Waals surface area contributed by atoms with Gasteiger partial charge in [-0.2, -0.15) is 0 Å². The van der Waals surface area contributed by atoms with Crippen molar-refractivity contribution in [1.82, 2.24) is 0 Å². The second-order valence-corrected chi connectivity index (χ2v) is 8.58. The zero-order valence-electron chi connectivity index (χ0n) is 16.6. The fourth-order valence-electron chi connectivity index (χ4n) is 5.96. The highest BCUT2D eigenvalue weighted by Crippen LogP contribution is 2.65. The molecule has 1 saturated carbocycles. The largest absolute Gasteiger partial charge is 0.472 e. The minimum atomic E-state index is -1.11. The number of allylic oxidation sites excluding steroid dienone is 1. The minimum absolute atomic E-state index is 0.128. The summed E-state index contributed by atoms with van der Waals surface area (Å²) in [4.78, 5) is 36.9. The molecule has 6 unspecified atom stereocenters. The van der Waals surface area contributed by atoms with Crippen LogP contribution in [0.1, 0.15) is 51.2 Å². The van der Waals surface area contributed by atoms with Crippen LogP contribution < -0.4 is 0 Å². The van der Waals surface area contributed by atoms with Crippen molar-refractivity contribution in [3.05, 3.63) is 35.8 Å². The van der Waals surface area contributed by atoms with Gasteiger partial charge in [-0.1, -0.05) is 13.0 Å². The first-order valence-electron chi connectivity index (χ1n) is 10.1. The smallest absolute Gasteiger partial charge is 0.313 e. The fourth-order valence-corrected chi connectivity index (χ4v) is 5.96. The quantitative estimate of drug-likeness (QED) is 0.610. The van der Waals surface area contributed by atoms with Gasteiger partial charge in [-0.25, -0.2) is 0 Å². The third-order valence-electron chi connectivity index (χ3n) is 7.36. The van der Waals surface area contributed by atoms with Crippen molar-refractivity contribution < 1.29 is 33.4 Å². The van der Waals surface area contributed by atoms with Crippen LogP contribution in [0.5, 0.6) is 0 Å². The lowest BCUT2D eigenvalue weighted by Crippen LogP contribution is -2.62. The fraction of sp³-hybridized carbons (Fsp3) is 0.591. The lowest BCUT2D eigenvalue weighted by atomic mass is 9.45. The van der Waals surface area contributed by atoms with Crippen LogP contribution in [0, 0.1) is 22.7 Å². The van der Waals surface area contributed by atoms with E-state index >= 15 is 0 Å². The molecule has 4 rings (SSSR count). The van der Waals surface area contributed by atoms with E-state index in [1.165, 1.54) is 6.92 Å². The topological polar surface area (TPSA) is 103 Å². The molecule has 1 spiro atoms. The summed E-state index contributed by atoms with van der Waals surface area (Å²) in [6.45, 7) is 3.12. The van der Waals surface area contributed by atoms with Crippen molar-refractivity contribution in [1.29, 1.82) is 0 Å². The predicted molar refractivity (Wildman–Crippen MR) is 100 cm³/mol. The van der Waals surface area contributed by atoms with E-state index in [1.807, 2.05) is 6.92 Å². The monoisotopic (exact) mass is 402 g/mol. The molecule has 3 aliphatic rings. The summed E-state index contributed by atoms with van der Waals surface area (Å²) < 4.78 is 16.3. The van der Waals surface area contributed by atoms with Gasteiger partial charge in [-0.3, -0.25) is 14.4 Å². The normalized spacial score (nSPS) is 38.9. The van der Waals surface area contributed by atoms with Gasteiger partial charge in [0.25, 0.3) is 0 Å². The van der Waals surface area contributed by atoms with E-state index in [2.05, 4.69) is 0 Å². The first kappa shape index (κ1) is 19.9.